The van der Waals surface area contributed by atoms with Crippen LogP contribution in [0.5, 0.6) is 0 Å². The van der Waals surface area contributed by atoms with Crippen LogP contribution in [0.2, 0.25) is 0 Å². The second-order valence-electron chi connectivity index (χ2n) is 4.29. The number of hydrogen-bond acceptors (Lipinski definition) is 5. The summed E-state index contributed by atoms with van der Waals surface area (Å²) in [5, 5.41) is 1.86. The minimum absolute atomic E-state index is 0.0973. The van der Waals surface area contributed by atoms with Crippen molar-refractivity contribution >= 4 is 21.7 Å². The first-order valence-corrected chi connectivity index (χ1v) is 7.55. The summed E-state index contributed by atoms with van der Waals surface area (Å²) in [6.45, 7) is 3.85. The van der Waals surface area contributed by atoms with Gasteiger partial charge in [-0.05, 0) is 6.92 Å². The van der Waals surface area contributed by atoms with E-state index in [0.29, 0.717) is 13.1 Å². The first-order valence-electron chi connectivity index (χ1n) is 5.84. The van der Waals surface area contributed by atoms with Crippen LogP contribution in [-0.2, 0) is 19.4 Å². The molecule has 1 atom stereocenters. The predicted octanol–water partition coefficient (Wildman–Crippen LogP) is -1.90. The number of nitrogens with zero attached hydrogens (tertiary/aromatic N) is 1. The van der Waals surface area contributed by atoms with E-state index < -0.39 is 21.0 Å². The van der Waals surface area contributed by atoms with E-state index in [4.69, 9.17) is 5.73 Å². The largest absolute Gasteiger partial charge is 0.369 e. The van der Waals surface area contributed by atoms with Crippen LogP contribution in [0.15, 0.2) is 0 Å². The highest BCUT2D eigenvalue weighted by Gasteiger charge is 2.27. The van der Waals surface area contributed by atoms with Gasteiger partial charge < -0.3 is 16.0 Å². The maximum Gasteiger partial charge on any atom is 0.235 e. The SMILES string of the molecule is CC(C(N)=O)S(=O)(=O)CCC(=O)N1CCNCC1. The van der Waals surface area contributed by atoms with E-state index in [1.54, 1.807) is 4.90 Å². The Morgan fingerprint density at radius 1 is 1.33 bits per heavy atom. The van der Waals surface area contributed by atoms with Crippen molar-refractivity contribution in [2.45, 2.75) is 18.6 Å². The van der Waals surface area contributed by atoms with E-state index in [1.807, 2.05) is 0 Å². The van der Waals surface area contributed by atoms with Crippen LogP contribution < -0.4 is 11.1 Å². The van der Waals surface area contributed by atoms with Crippen LogP contribution in [0.25, 0.3) is 0 Å². The molecule has 0 bridgehead atoms. The molecular weight excluding hydrogens is 258 g/mol. The third-order valence-corrected chi connectivity index (χ3v) is 5.09. The average Bonchev–Trinajstić information content (AvgIpc) is 2.36. The molecule has 0 aromatic carbocycles. The summed E-state index contributed by atoms with van der Waals surface area (Å²) in [4.78, 5) is 24.2. The van der Waals surface area contributed by atoms with Crippen LogP contribution >= 0.6 is 0 Å². The molecule has 0 radical (unpaired) electrons. The van der Waals surface area contributed by atoms with Crippen molar-refractivity contribution in [3.63, 3.8) is 0 Å². The number of amides is 2. The van der Waals surface area contributed by atoms with Crippen LogP contribution in [-0.4, -0.2) is 62.3 Å². The maximum atomic E-state index is 11.8. The fourth-order valence-corrected chi connectivity index (χ4v) is 2.82. The van der Waals surface area contributed by atoms with Gasteiger partial charge in [-0.15, -0.1) is 0 Å². The van der Waals surface area contributed by atoms with Crippen molar-refractivity contribution in [1.82, 2.24) is 10.2 Å². The zero-order chi connectivity index (χ0) is 13.8. The molecule has 7 nitrogen and oxygen atoms in total. The summed E-state index contributed by atoms with van der Waals surface area (Å²) in [5.74, 6) is -1.42. The molecule has 0 aromatic heterocycles. The van der Waals surface area contributed by atoms with Crippen LogP contribution in [0.4, 0.5) is 0 Å². The van der Waals surface area contributed by atoms with Gasteiger partial charge in [0.1, 0.15) is 5.25 Å². The lowest BCUT2D eigenvalue weighted by molar-refractivity contribution is -0.131. The van der Waals surface area contributed by atoms with E-state index in [9.17, 15) is 18.0 Å². The molecule has 104 valence electrons. The fraction of sp³-hybridized carbons (Fsp3) is 0.800. The minimum Gasteiger partial charge on any atom is -0.369 e. The molecule has 0 saturated carbocycles. The molecule has 3 N–H and O–H groups in total. The van der Waals surface area contributed by atoms with Crippen LogP contribution in [0.1, 0.15) is 13.3 Å². The molecule has 1 unspecified atom stereocenters. The number of rotatable bonds is 5. The van der Waals surface area contributed by atoms with Gasteiger partial charge in [0.2, 0.25) is 11.8 Å². The van der Waals surface area contributed by atoms with Crippen molar-refractivity contribution in [2.24, 2.45) is 5.73 Å². The molecule has 1 aliphatic rings. The summed E-state index contributed by atoms with van der Waals surface area (Å²) in [6.07, 6.45) is -0.0973. The minimum atomic E-state index is -3.63. The molecule has 1 saturated heterocycles. The molecule has 0 aliphatic carbocycles. The van der Waals surface area contributed by atoms with Gasteiger partial charge in [-0.3, -0.25) is 9.59 Å². The molecule has 8 heteroatoms. The van der Waals surface area contributed by atoms with Gasteiger partial charge in [0.05, 0.1) is 5.75 Å². The number of piperazine rings is 1. The van der Waals surface area contributed by atoms with E-state index in [-0.39, 0.29) is 18.1 Å². The van der Waals surface area contributed by atoms with Gasteiger partial charge in [-0.25, -0.2) is 8.42 Å². The normalized spacial score (nSPS) is 18.4. The van der Waals surface area contributed by atoms with Gasteiger partial charge in [0, 0.05) is 32.6 Å². The molecule has 1 aliphatic heterocycles. The van der Waals surface area contributed by atoms with E-state index in [2.05, 4.69) is 5.32 Å². The highest BCUT2D eigenvalue weighted by atomic mass is 32.2. The second-order valence-corrected chi connectivity index (χ2v) is 6.73. The van der Waals surface area contributed by atoms with Gasteiger partial charge in [0.15, 0.2) is 9.84 Å². The van der Waals surface area contributed by atoms with Gasteiger partial charge in [0.25, 0.3) is 0 Å². The molecular formula is C10H19N3O4S. The van der Waals surface area contributed by atoms with Crippen LogP contribution in [0, 0.1) is 0 Å². The lowest BCUT2D eigenvalue weighted by Gasteiger charge is -2.27. The van der Waals surface area contributed by atoms with Gasteiger partial charge >= 0.3 is 0 Å². The van der Waals surface area contributed by atoms with Crippen molar-refractivity contribution in [1.29, 1.82) is 0 Å². The number of primary amides is 1. The predicted molar refractivity (Wildman–Crippen MR) is 66.5 cm³/mol. The number of sulfone groups is 1. The summed E-state index contributed by atoms with van der Waals surface area (Å²) in [6, 6.07) is 0. The third-order valence-electron chi connectivity index (χ3n) is 3.01. The van der Waals surface area contributed by atoms with E-state index >= 15 is 0 Å². The smallest absolute Gasteiger partial charge is 0.235 e. The number of hydrogen-bond donors (Lipinski definition) is 2. The average molecular weight is 277 g/mol. The summed E-state index contributed by atoms with van der Waals surface area (Å²) >= 11 is 0. The highest BCUT2D eigenvalue weighted by molar-refractivity contribution is 7.92. The van der Waals surface area contributed by atoms with Gasteiger partial charge in [-0.2, -0.15) is 0 Å². The zero-order valence-electron chi connectivity index (χ0n) is 10.4. The topological polar surface area (TPSA) is 110 Å². The van der Waals surface area contributed by atoms with Crippen molar-refractivity contribution < 1.29 is 18.0 Å². The molecule has 0 spiro atoms. The third kappa shape index (κ3) is 3.95. The van der Waals surface area contributed by atoms with E-state index in [0.717, 1.165) is 13.1 Å². The van der Waals surface area contributed by atoms with Crippen molar-refractivity contribution in [3.05, 3.63) is 0 Å². The highest BCUT2D eigenvalue weighted by Crippen LogP contribution is 2.06. The monoisotopic (exact) mass is 277 g/mol. The Hall–Kier alpha value is -1.15. The number of carbonyl (C=O) groups excluding carboxylic acids is 2. The number of carbonyl (C=O) groups is 2. The Morgan fingerprint density at radius 2 is 1.89 bits per heavy atom. The Bertz CT molecular complexity index is 415. The van der Waals surface area contributed by atoms with Gasteiger partial charge in [-0.1, -0.05) is 0 Å². The quantitative estimate of drug-likeness (QED) is 0.610. The Morgan fingerprint density at radius 3 is 2.39 bits per heavy atom. The lowest BCUT2D eigenvalue weighted by Crippen LogP contribution is -2.47. The molecule has 0 aromatic rings. The Labute approximate surface area is 107 Å². The summed E-state index contributed by atoms with van der Waals surface area (Å²) in [7, 11) is -3.63. The maximum absolute atomic E-state index is 11.8. The fourth-order valence-electron chi connectivity index (χ4n) is 1.66. The standard InChI is InChI=1S/C10H19N3O4S/c1-8(10(11)15)18(16,17)7-2-9(14)13-5-3-12-4-6-13/h8,12H,2-7H2,1H3,(H2,11,15). The Kier molecular flexibility index (Phi) is 5.09. The first-order chi connectivity index (χ1) is 8.34. The second kappa shape index (κ2) is 6.14. The molecule has 1 fully saturated rings. The summed E-state index contributed by atoms with van der Waals surface area (Å²) in [5.41, 5.74) is 4.95. The first kappa shape index (κ1) is 14.9. The zero-order valence-corrected chi connectivity index (χ0v) is 11.2. The molecule has 2 amide bonds. The van der Waals surface area contributed by atoms with Crippen molar-refractivity contribution in [2.75, 3.05) is 31.9 Å². The molecule has 18 heavy (non-hydrogen) atoms. The Balaban J connectivity index is 2.49. The van der Waals surface area contributed by atoms with Crippen molar-refractivity contribution in [3.8, 4) is 0 Å². The lowest BCUT2D eigenvalue weighted by atomic mass is 10.3. The summed E-state index contributed by atoms with van der Waals surface area (Å²) < 4.78 is 23.4. The molecule has 1 heterocycles. The van der Waals surface area contributed by atoms with E-state index in [1.165, 1.54) is 6.92 Å². The number of nitrogens with one attached hydrogen (secondary N) is 1. The van der Waals surface area contributed by atoms with Crippen LogP contribution in [0.3, 0.4) is 0 Å². The molecule has 1 rings (SSSR count). The number of nitrogens with two attached hydrogens (primary N) is 1.